The number of rotatable bonds is 5. The molecule has 2 aliphatic rings. The maximum absolute atomic E-state index is 12.9. The minimum absolute atomic E-state index is 0.0768. The van der Waals surface area contributed by atoms with Crippen molar-refractivity contribution in [3.8, 4) is 0 Å². The molecule has 4 rings (SSSR count). The van der Waals surface area contributed by atoms with Gasteiger partial charge in [-0.15, -0.1) is 0 Å². The van der Waals surface area contributed by atoms with E-state index < -0.39 is 11.9 Å². The topological polar surface area (TPSA) is 63.7 Å². The normalized spacial score (nSPS) is 20.2. The number of ketones is 1. The van der Waals surface area contributed by atoms with E-state index in [1.54, 1.807) is 0 Å². The molecular formula is C21H18FNO4. The Bertz CT molecular complexity index is 909. The quantitative estimate of drug-likeness (QED) is 0.754. The number of carbonyl (C=O) groups is 3. The van der Waals surface area contributed by atoms with Crippen LogP contribution in [0, 0.1) is 5.82 Å². The van der Waals surface area contributed by atoms with Gasteiger partial charge in [-0.1, -0.05) is 24.3 Å². The third-order valence-corrected chi connectivity index (χ3v) is 5.10. The average Bonchev–Trinajstić information content (AvgIpc) is 3.16. The molecule has 6 heteroatoms. The Balaban J connectivity index is 1.39. The van der Waals surface area contributed by atoms with E-state index in [0.717, 1.165) is 11.1 Å². The van der Waals surface area contributed by atoms with Crippen molar-refractivity contribution in [1.82, 2.24) is 4.90 Å². The van der Waals surface area contributed by atoms with Gasteiger partial charge in [-0.25, -0.2) is 14.1 Å². The summed E-state index contributed by atoms with van der Waals surface area (Å²) in [7, 11) is 0. The van der Waals surface area contributed by atoms with Crippen LogP contribution in [0.4, 0.5) is 9.18 Å². The Hall–Kier alpha value is -3.02. The molecule has 2 atom stereocenters. The van der Waals surface area contributed by atoms with E-state index in [2.05, 4.69) is 0 Å². The molecule has 1 fully saturated rings. The lowest BCUT2D eigenvalue weighted by atomic mass is 10.0. The van der Waals surface area contributed by atoms with Crippen molar-refractivity contribution in [3.05, 3.63) is 71.0 Å². The summed E-state index contributed by atoms with van der Waals surface area (Å²) >= 11 is 0. The molecule has 2 unspecified atom stereocenters. The summed E-state index contributed by atoms with van der Waals surface area (Å²) in [6.45, 7) is 0. The number of carbonyl (C=O) groups excluding carboxylic acids is 3. The second-order valence-electron chi connectivity index (χ2n) is 6.82. The van der Waals surface area contributed by atoms with E-state index >= 15 is 0 Å². The van der Waals surface area contributed by atoms with Gasteiger partial charge in [0.2, 0.25) is 5.91 Å². The zero-order chi connectivity index (χ0) is 19.0. The highest BCUT2D eigenvalue weighted by Crippen LogP contribution is 2.42. The van der Waals surface area contributed by atoms with Crippen molar-refractivity contribution in [1.29, 1.82) is 0 Å². The van der Waals surface area contributed by atoms with E-state index in [4.69, 9.17) is 4.74 Å². The van der Waals surface area contributed by atoms with E-state index in [1.807, 2.05) is 24.3 Å². The van der Waals surface area contributed by atoms with Gasteiger partial charge in [0.15, 0.2) is 5.78 Å². The fourth-order valence-corrected chi connectivity index (χ4v) is 3.81. The number of hydrogen-bond donors (Lipinski definition) is 0. The lowest BCUT2D eigenvalue weighted by Gasteiger charge is -2.19. The first-order valence-electron chi connectivity index (χ1n) is 8.94. The highest BCUT2D eigenvalue weighted by atomic mass is 19.1. The van der Waals surface area contributed by atoms with Gasteiger partial charge in [-0.3, -0.25) is 9.59 Å². The molecule has 138 valence electrons. The Kier molecular flexibility index (Phi) is 4.48. The first-order chi connectivity index (χ1) is 13.0. The molecule has 27 heavy (non-hydrogen) atoms. The van der Waals surface area contributed by atoms with Gasteiger partial charge < -0.3 is 4.74 Å². The van der Waals surface area contributed by atoms with Crippen LogP contribution in [-0.2, 0) is 16.0 Å². The van der Waals surface area contributed by atoms with Crippen LogP contribution >= 0.6 is 0 Å². The first kappa shape index (κ1) is 17.4. The van der Waals surface area contributed by atoms with Gasteiger partial charge in [0, 0.05) is 24.8 Å². The predicted molar refractivity (Wildman–Crippen MR) is 94.6 cm³/mol. The molecule has 0 saturated carbocycles. The summed E-state index contributed by atoms with van der Waals surface area (Å²) in [5, 5.41) is 0. The van der Waals surface area contributed by atoms with Crippen LogP contribution in [0.5, 0.6) is 0 Å². The van der Waals surface area contributed by atoms with Crippen LogP contribution < -0.4 is 0 Å². The molecule has 2 amide bonds. The fourth-order valence-electron chi connectivity index (χ4n) is 3.81. The molecule has 1 aliphatic heterocycles. The van der Waals surface area contributed by atoms with Crippen molar-refractivity contribution < 1.29 is 23.5 Å². The number of ether oxygens (including phenoxy) is 1. The molecule has 1 saturated heterocycles. The molecule has 0 spiro atoms. The molecule has 0 N–H and O–H groups in total. The Labute approximate surface area is 155 Å². The van der Waals surface area contributed by atoms with Crippen molar-refractivity contribution in [2.75, 3.05) is 0 Å². The highest BCUT2D eigenvalue weighted by Gasteiger charge is 2.49. The van der Waals surface area contributed by atoms with Crippen molar-refractivity contribution >= 4 is 17.8 Å². The molecule has 2 aromatic rings. The van der Waals surface area contributed by atoms with E-state index in [9.17, 15) is 18.8 Å². The standard InChI is InChI=1S/C21H18FNO4/c22-15-10-8-13(9-11-15)17(24)6-3-7-19(25)23-20-16-5-2-1-4-14(16)12-18(20)27-21(23)26/h1-2,4-5,8-11,18,20H,3,6-7,12H2. The van der Waals surface area contributed by atoms with Crippen LogP contribution in [-0.4, -0.2) is 28.8 Å². The van der Waals surface area contributed by atoms with Crippen molar-refractivity contribution in [3.63, 3.8) is 0 Å². The van der Waals surface area contributed by atoms with Crippen LogP contribution in [0.2, 0.25) is 0 Å². The molecule has 5 nitrogen and oxygen atoms in total. The minimum Gasteiger partial charge on any atom is -0.443 e. The predicted octanol–water partition coefficient (Wildman–Crippen LogP) is 3.82. The molecule has 1 aliphatic carbocycles. The number of fused-ring (bicyclic) bond motifs is 3. The number of imide groups is 1. The largest absolute Gasteiger partial charge is 0.443 e. The summed E-state index contributed by atoms with van der Waals surface area (Å²) in [5.74, 6) is -0.896. The Morgan fingerprint density at radius 3 is 2.59 bits per heavy atom. The van der Waals surface area contributed by atoms with Gasteiger partial charge in [-0.2, -0.15) is 0 Å². The molecule has 0 aromatic heterocycles. The van der Waals surface area contributed by atoms with Crippen LogP contribution in [0.15, 0.2) is 48.5 Å². The number of halogens is 1. The molecule has 0 bridgehead atoms. The number of benzene rings is 2. The first-order valence-corrected chi connectivity index (χ1v) is 8.94. The number of amides is 2. The van der Waals surface area contributed by atoms with Gasteiger partial charge in [0.25, 0.3) is 0 Å². The van der Waals surface area contributed by atoms with Crippen molar-refractivity contribution in [2.45, 2.75) is 37.8 Å². The van der Waals surface area contributed by atoms with Gasteiger partial charge >= 0.3 is 6.09 Å². The zero-order valence-electron chi connectivity index (χ0n) is 14.6. The molecular weight excluding hydrogens is 349 g/mol. The van der Waals surface area contributed by atoms with Gasteiger partial charge in [0.05, 0.1) is 0 Å². The maximum Gasteiger partial charge on any atom is 0.417 e. The summed E-state index contributed by atoms with van der Waals surface area (Å²) in [5.41, 5.74) is 2.45. The fraction of sp³-hybridized carbons (Fsp3) is 0.286. The lowest BCUT2D eigenvalue weighted by molar-refractivity contribution is -0.129. The van der Waals surface area contributed by atoms with Crippen LogP contribution in [0.25, 0.3) is 0 Å². The molecule has 0 radical (unpaired) electrons. The van der Waals surface area contributed by atoms with E-state index in [0.29, 0.717) is 18.4 Å². The average molecular weight is 367 g/mol. The smallest absolute Gasteiger partial charge is 0.417 e. The number of Topliss-reactive ketones (excluding diaryl/α,β-unsaturated/α-hetero) is 1. The van der Waals surface area contributed by atoms with E-state index in [1.165, 1.54) is 29.2 Å². The summed E-state index contributed by atoms with van der Waals surface area (Å²) in [6, 6.07) is 12.6. The summed E-state index contributed by atoms with van der Waals surface area (Å²) in [6.07, 6.45) is 0.212. The number of nitrogens with zero attached hydrogens (tertiary/aromatic N) is 1. The third-order valence-electron chi connectivity index (χ3n) is 5.10. The summed E-state index contributed by atoms with van der Waals surface area (Å²) < 4.78 is 18.3. The minimum atomic E-state index is -0.616. The lowest BCUT2D eigenvalue weighted by Crippen LogP contribution is -2.34. The highest BCUT2D eigenvalue weighted by molar-refractivity contribution is 5.97. The molecule has 2 aromatic carbocycles. The summed E-state index contributed by atoms with van der Waals surface area (Å²) in [4.78, 5) is 38.1. The molecule has 1 heterocycles. The third kappa shape index (κ3) is 3.23. The SMILES string of the molecule is O=C(CCCC(=O)N1C(=O)OC2Cc3ccccc3C21)c1ccc(F)cc1. The zero-order valence-corrected chi connectivity index (χ0v) is 14.6. The Morgan fingerprint density at radius 2 is 1.81 bits per heavy atom. The van der Waals surface area contributed by atoms with Gasteiger partial charge in [-0.05, 0) is 41.8 Å². The van der Waals surface area contributed by atoms with E-state index in [-0.39, 0.29) is 36.7 Å². The second kappa shape index (κ2) is 6.95. The van der Waals surface area contributed by atoms with Crippen molar-refractivity contribution in [2.24, 2.45) is 0 Å². The maximum atomic E-state index is 12.9. The van der Waals surface area contributed by atoms with Crippen LogP contribution in [0.3, 0.4) is 0 Å². The monoisotopic (exact) mass is 367 g/mol. The van der Waals surface area contributed by atoms with Gasteiger partial charge in [0.1, 0.15) is 18.0 Å². The second-order valence-corrected chi connectivity index (χ2v) is 6.82. The number of hydrogen-bond acceptors (Lipinski definition) is 4. The van der Waals surface area contributed by atoms with Crippen LogP contribution in [0.1, 0.15) is 46.8 Å². The Morgan fingerprint density at radius 1 is 1.07 bits per heavy atom.